The Morgan fingerprint density at radius 2 is 1.95 bits per heavy atom. The average Bonchev–Trinajstić information content (AvgIpc) is 2.85. The van der Waals surface area contributed by atoms with Gasteiger partial charge in [0.1, 0.15) is 17.3 Å². The third-order valence-electron chi connectivity index (χ3n) is 4.46. The summed E-state index contributed by atoms with van der Waals surface area (Å²) in [7, 11) is 0. The van der Waals surface area contributed by atoms with E-state index in [1.54, 1.807) is 0 Å². The fourth-order valence-corrected chi connectivity index (χ4v) is 3.79. The Morgan fingerprint density at radius 1 is 1.25 bits per heavy atom. The number of halogens is 3. The molecule has 0 spiro atoms. The van der Waals surface area contributed by atoms with Gasteiger partial charge in [-0.05, 0) is 44.0 Å². The van der Waals surface area contributed by atoms with Crippen molar-refractivity contribution >= 4 is 21.6 Å². The molecule has 0 N–H and O–H groups in total. The van der Waals surface area contributed by atoms with Crippen molar-refractivity contribution in [1.82, 2.24) is 4.90 Å². The van der Waals surface area contributed by atoms with E-state index in [-0.39, 0.29) is 11.7 Å². The molecule has 110 valence electrons. The van der Waals surface area contributed by atoms with Gasteiger partial charge in [-0.25, -0.2) is 8.78 Å². The minimum atomic E-state index is -0.447. The van der Waals surface area contributed by atoms with E-state index in [4.69, 9.17) is 0 Å². The highest BCUT2D eigenvalue weighted by Crippen LogP contribution is 2.32. The molecule has 2 nitrogen and oxygen atoms in total. The summed E-state index contributed by atoms with van der Waals surface area (Å²) in [5.74, 6) is -0.893. The number of benzene rings is 1. The Kier molecular flexibility index (Phi) is 4.00. The van der Waals surface area contributed by atoms with E-state index in [0.29, 0.717) is 16.9 Å². The summed E-state index contributed by atoms with van der Waals surface area (Å²) in [5.41, 5.74) is 0.782. The highest BCUT2D eigenvalue weighted by Gasteiger charge is 2.36. The lowest BCUT2D eigenvalue weighted by Gasteiger charge is -2.43. The second kappa shape index (κ2) is 5.60. The van der Waals surface area contributed by atoms with Crippen LogP contribution in [0.15, 0.2) is 12.1 Å². The SMILES string of the molecule is CC1CN2CCCC2CN1c1c(F)cc(CBr)cc1F. The van der Waals surface area contributed by atoms with Crippen LogP contribution >= 0.6 is 15.9 Å². The first-order valence-corrected chi connectivity index (χ1v) is 8.27. The summed E-state index contributed by atoms with van der Waals surface area (Å²) < 4.78 is 28.6. The van der Waals surface area contributed by atoms with E-state index < -0.39 is 11.6 Å². The van der Waals surface area contributed by atoms with E-state index >= 15 is 0 Å². The summed E-state index contributed by atoms with van der Waals surface area (Å²) in [6.07, 6.45) is 2.32. The summed E-state index contributed by atoms with van der Waals surface area (Å²) in [4.78, 5) is 4.36. The molecule has 20 heavy (non-hydrogen) atoms. The molecule has 2 saturated heterocycles. The van der Waals surface area contributed by atoms with Crippen LogP contribution in [-0.2, 0) is 5.33 Å². The van der Waals surface area contributed by atoms with Gasteiger partial charge in [0.25, 0.3) is 0 Å². The minimum absolute atomic E-state index is 0.142. The van der Waals surface area contributed by atoms with Crippen molar-refractivity contribution in [3.05, 3.63) is 29.3 Å². The van der Waals surface area contributed by atoms with Crippen LogP contribution in [0.4, 0.5) is 14.5 Å². The molecule has 0 aromatic heterocycles. The number of anilines is 1. The van der Waals surface area contributed by atoms with Crippen molar-refractivity contribution in [2.45, 2.75) is 37.2 Å². The molecule has 5 heteroatoms. The molecule has 2 aliphatic heterocycles. The molecule has 0 saturated carbocycles. The summed E-state index contributed by atoms with van der Waals surface area (Å²) in [5, 5.41) is 0.465. The second-order valence-corrected chi connectivity index (χ2v) is 6.39. The van der Waals surface area contributed by atoms with Gasteiger partial charge in [-0.1, -0.05) is 15.9 Å². The van der Waals surface area contributed by atoms with E-state index in [9.17, 15) is 8.78 Å². The molecular weight excluding hydrogens is 326 g/mol. The maximum absolute atomic E-state index is 14.3. The van der Waals surface area contributed by atoms with Crippen molar-refractivity contribution < 1.29 is 8.78 Å². The second-order valence-electron chi connectivity index (χ2n) is 5.83. The molecule has 2 atom stereocenters. The van der Waals surface area contributed by atoms with Crippen molar-refractivity contribution in [3.8, 4) is 0 Å². The molecule has 0 radical (unpaired) electrons. The number of nitrogens with zero attached hydrogens (tertiary/aromatic N) is 2. The van der Waals surface area contributed by atoms with Gasteiger partial charge in [-0.15, -0.1) is 0 Å². The molecule has 1 aromatic carbocycles. The van der Waals surface area contributed by atoms with Crippen LogP contribution in [0.2, 0.25) is 0 Å². The number of rotatable bonds is 2. The topological polar surface area (TPSA) is 6.48 Å². The Balaban J connectivity index is 1.92. The number of fused-ring (bicyclic) bond motifs is 1. The number of hydrogen-bond acceptors (Lipinski definition) is 2. The largest absolute Gasteiger partial charge is 0.361 e. The maximum atomic E-state index is 14.3. The highest BCUT2D eigenvalue weighted by molar-refractivity contribution is 9.08. The lowest BCUT2D eigenvalue weighted by Crippen LogP contribution is -2.55. The molecule has 3 rings (SSSR count). The number of hydrogen-bond donors (Lipinski definition) is 0. The molecule has 0 aliphatic carbocycles. The number of piperazine rings is 1. The standard InChI is InChI=1S/C15H19BrF2N2/c1-10-8-19-4-2-3-12(19)9-20(10)15-13(17)5-11(7-16)6-14(15)18/h5-6,10,12H,2-4,7-9H2,1H3. The highest BCUT2D eigenvalue weighted by atomic mass is 79.9. The Labute approximate surface area is 126 Å². The molecule has 1 aromatic rings. The van der Waals surface area contributed by atoms with Crippen LogP contribution < -0.4 is 4.90 Å². The van der Waals surface area contributed by atoms with Gasteiger partial charge in [-0.3, -0.25) is 4.90 Å². The molecule has 0 amide bonds. The van der Waals surface area contributed by atoms with Gasteiger partial charge in [0.05, 0.1) is 0 Å². The number of alkyl halides is 1. The van der Waals surface area contributed by atoms with Crippen molar-refractivity contribution in [1.29, 1.82) is 0 Å². The summed E-state index contributed by atoms with van der Waals surface area (Å²) >= 11 is 3.24. The summed E-state index contributed by atoms with van der Waals surface area (Å²) in [6.45, 7) is 4.79. The molecule has 2 fully saturated rings. The monoisotopic (exact) mass is 344 g/mol. The molecule has 2 unspecified atom stereocenters. The first kappa shape index (κ1) is 14.3. The maximum Gasteiger partial charge on any atom is 0.149 e. The van der Waals surface area contributed by atoms with E-state index in [1.807, 2.05) is 11.8 Å². The predicted octanol–water partition coefficient (Wildman–Crippen LogP) is 3.53. The van der Waals surface area contributed by atoms with Crippen LogP contribution in [0.1, 0.15) is 25.3 Å². The molecular formula is C15H19BrF2N2. The Hall–Kier alpha value is -0.680. The van der Waals surface area contributed by atoms with Crippen LogP contribution in [-0.4, -0.2) is 36.6 Å². The lowest BCUT2D eigenvalue weighted by atomic mass is 10.1. The Bertz CT molecular complexity index is 486. The van der Waals surface area contributed by atoms with Gasteiger partial charge >= 0.3 is 0 Å². The fraction of sp³-hybridized carbons (Fsp3) is 0.600. The first-order valence-electron chi connectivity index (χ1n) is 7.14. The minimum Gasteiger partial charge on any atom is -0.361 e. The normalized spacial score (nSPS) is 26.9. The zero-order chi connectivity index (χ0) is 14.3. The van der Waals surface area contributed by atoms with Gasteiger partial charge in [-0.2, -0.15) is 0 Å². The van der Waals surface area contributed by atoms with Crippen LogP contribution in [0, 0.1) is 11.6 Å². The van der Waals surface area contributed by atoms with Gasteiger partial charge in [0, 0.05) is 30.5 Å². The summed E-state index contributed by atoms with van der Waals surface area (Å²) in [6, 6.07) is 3.45. The smallest absolute Gasteiger partial charge is 0.149 e. The van der Waals surface area contributed by atoms with E-state index in [0.717, 1.165) is 26.1 Å². The third kappa shape index (κ3) is 2.46. The first-order chi connectivity index (χ1) is 9.60. The third-order valence-corrected chi connectivity index (χ3v) is 5.10. The average molecular weight is 345 g/mol. The lowest BCUT2D eigenvalue weighted by molar-refractivity contribution is 0.201. The Morgan fingerprint density at radius 3 is 2.60 bits per heavy atom. The fourth-order valence-electron chi connectivity index (χ4n) is 3.47. The predicted molar refractivity (Wildman–Crippen MR) is 80.4 cm³/mol. The van der Waals surface area contributed by atoms with Gasteiger partial charge < -0.3 is 4.90 Å². The van der Waals surface area contributed by atoms with Gasteiger partial charge in [0.2, 0.25) is 0 Å². The van der Waals surface area contributed by atoms with E-state index in [2.05, 4.69) is 20.8 Å². The molecule has 2 aliphatic rings. The molecule has 0 bridgehead atoms. The van der Waals surface area contributed by atoms with Crippen molar-refractivity contribution in [3.63, 3.8) is 0 Å². The zero-order valence-electron chi connectivity index (χ0n) is 11.6. The van der Waals surface area contributed by atoms with Crippen molar-refractivity contribution in [2.24, 2.45) is 0 Å². The quantitative estimate of drug-likeness (QED) is 0.757. The molecule has 2 heterocycles. The zero-order valence-corrected chi connectivity index (χ0v) is 13.2. The van der Waals surface area contributed by atoms with Crippen molar-refractivity contribution in [2.75, 3.05) is 24.5 Å². The van der Waals surface area contributed by atoms with Crippen LogP contribution in [0.25, 0.3) is 0 Å². The van der Waals surface area contributed by atoms with Gasteiger partial charge in [0.15, 0.2) is 0 Å². The van der Waals surface area contributed by atoms with Crippen LogP contribution in [0.5, 0.6) is 0 Å². The van der Waals surface area contributed by atoms with E-state index in [1.165, 1.54) is 18.6 Å². The van der Waals surface area contributed by atoms with Crippen LogP contribution in [0.3, 0.4) is 0 Å².